The van der Waals surface area contributed by atoms with E-state index >= 15 is 0 Å². The van der Waals surface area contributed by atoms with Gasteiger partial charge in [-0.1, -0.05) is 11.8 Å². The van der Waals surface area contributed by atoms with E-state index in [0.717, 1.165) is 6.42 Å². The molecule has 3 heterocycles. The Morgan fingerprint density at radius 1 is 1.28 bits per heavy atom. The third kappa shape index (κ3) is 4.34. The standard InChI is InChI=1S/C21H24N2O7S2/c1-10(24)6-13-18(28)23-17(20(29)30)21(32-19(13)23)31-12-4-5-22(8-12)9-16(27)11-2-3-14(25)15(26)7-11/h2-3,7,10,12-13,19,24-26H,4-6,8-9H2,1H3,(H,29,30)/t10?,12?,13-,19-/m1/s1. The summed E-state index contributed by atoms with van der Waals surface area (Å²) in [5.41, 5.74) is 0.330. The third-order valence-corrected chi connectivity index (χ3v) is 8.67. The molecule has 3 aliphatic rings. The molecule has 32 heavy (non-hydrogen) atoms. The zero-order valence-electron chi connectivity index (χ0n) is 17.3. The summed E-state index contributed by atoms with van der Waals surface area (Å²) in [5, 5.41) is 38.1. The number of aliphatic carboxylic acids is 1. The van der Waals surface area contributed by atoms with Gasteiger partial charge in [-0.15, -0.1) is 11.8 Å². The Bertz CT molecular complexity index is 996. The number of phenolic OH excluding ortho intramolecular Hbond substituents is 2. The number of aromatic hydroxyl groups is 2. The van der Waals surface area contributed by atoms with Crippen LogP contribution < -0.4 is 0 Å². The van der Waals surface area contributed by atoms with Gasteiger partial charge >= 0.3 is 5.97 Å². The van der Waals surface area contributed by atoms with Crippen LogP contribution in [-0.2, 0) is 9.59 Å². The highest BCUT2D eigenvalue weighted by Crippen LogP contribution is 2.55. The second-order valence-electron chi connectivity index (χ2n) is 8.24. The molecule has 9 nitrogen and oxygen atoms in total. The van der Waals surface area contributed by atoms with Gasteiger partial charge in [0.25, 0.3) is 0 Å². The zero-order valence-corrected chi connectivity index (χ0v) is 18.9. The Balaban J connectivity index is 1.38. The number of aliphatic hydroxyl groups excluding tert-OH is 1. The van der Waals surface area contributed by atoms with E-state index in [1.54, 1.807) is 6.92 Å². The van der Waals surface area contributed by atoms with Crippen molar-refractivity contribution in [2.24, 2.45) is 5.92 Å². The van der Waals surface area contributed by atoms with Gasteiger partial charge in [-0.05, 0) is 44.5 Å². The molecule has 2 fully saturated rings. The molecular weight excluding hydrogens is 456 g/mol. The molecule has 0 radical (unpaired) electrons. The molecule has 0 bridgehead atoms. The first-order chi connectivity index (χ1) is 15.2. The lowest BCUT2D eigenvalue weighted by molar-refractivity contribution is -0.152. The van der Waals surface area contributed by atoms with Crippen LogP contribution >= 0.6 is 23.5 Å². The van der Waals surface area contributed by atoms with Gasteiger partial charge < -0.3 is 20.4 Å². The second kappa shape index (κ2) is 8.97. The smallest absolute Gasteiger partial charge is 0.354 e. The summed E-state index contributed by atoms with van der Waals surface area (Å²) < 4.78 is 0.602. The molecule has 1 aromatic carbocycles. The predicted octanol–water partition coefficient (Wildman–Crippen LogP) is 1.64. The summed E-state index contributed by atoms with van der Waals surface area (Å²) in [6.45, 7) is 3.03. The van der Waals surface area contributed by atoms with Crippen LogP contribution in [0.4, 0.5) is 0 Å². The first-order valence-electron chi connectivity index (χ1n) is 10.2. The van der Waals surface area contributed by atoms with E-state index in [2.05, 4.69) is 0 Å². The van der Waals surface area contributed by atoms with Crippen molar-refractivity contribution in [3.8, 4) is 11.5 Å². The molecule has 2 unspecified atom stereocenters. The van der Waals surface area contributed by atoms with Gasteiger partial charge in [-0.2, -0.15) is 0 Å². The Hall–Kier alpha value is -2.21. The summed E-state index contributed by atoms with van der Waals surface area (Å²) in [6, 6.07) is 3.98. The molecule has 4 atom stereocenters. The number of likely N-dealkylation sites (tertiary alicyclic amines) is 1. The second-order valence-corrected chi connectivity index (χ2v) is 10.9. The van der Waals surface area contributed by atoms with Crippen LogP contribution in [0.2, 0.25) is 0 Å². The van der Waals surface area contributed by atoms with E-state index in [1.807, 2.05) is 4.90 Å². The topological polar surface area (TPSA) is 139 Å². The fourth-order valence-electron chi connectivity index (χ4n) is 4.20. The van der Waals surface area contributed by atoms with Gasteiger partial charge in [0.05, 0.1) is 28.2 Å². The fraction of sp³-hybridized carbons (Fsp3) is 0.476. The van der Waals surface area contributed by atoms with Crippen molar-refractivity contribution >= 4 is 41.2 Å². The van der Waals surface area contributed by atoms with Gasteiger partial charge in [0.2, 0.25) is 5.91 Å². The Labute approximate surface area is 193 Å². The van der Waals surface area contributed by atoms with Gasteiger partial charge in [0, 0.05) is 17.4 Å². The van der Waals surface area contributed by atoms with Gasteiger partial charge in [0.1, 0.15) is 0 Å². The Kier molecular flexibility index (Phi) is 6.44. The van der Waals surface area contributed by atoms with Gasteiger partial charge in [0.15, 0.2) is 23.0 Å². The van der Waals surface area contributed by atoms with E-state index in [1.165, 1.54) is 46.6 Å². The highest BCUT2D eigenvalue weighted by atomic mass is 32.2. The number of carbonyl (C=O) groups excluding carboxylic acids is 2. The van der Waals surface area contributed by atoms with Crippen molar-refractivity contribution in [1.29, 1.82) is 0 Å². The van der Waals surface area contributed by atoms with Crippen molar-refractivity contribution < 1.29 is 34.8 Å². The number of carbonyl (C=O) groups is 3. The van der Waals surface area contributed by atoms with Crippen molar-refractivity contribution in [1.82, 2.24) is 9.80 Å². The number of carboxylic acid groups (broad SMARTS) is 1. The van der Waals surface area contributed by atoms with E-state index in [0.29, 0.717) is 29.3 Å². The minimum atomic E-state index is -1.14. The minimum absolute atomic E-state index is 0.0194. The van der Waals surface area contributed by atoms with Crippen LogP contribution in [-0.4, -0.2) is 84.2 Å². The number of benzene rings is 1. The monoisotopic (exact) mass is 480 g/mol. The number of β-lactam (4-membered cyclic amide) rings is 1. The van der Waals surface area contributed by atoms with Crippen LogP contribution in [0.1, 0.15) is 30.1 Å². The number of hydrogen-bond donors (Lipinski definition) is 4. The fourth-order valence-corrected chi connectivity index (χ4v) is 7.46. The summed E-state index contributed by atoms with van der Waals surface area (Å²) in [5.74, 6) is -2.58. The molecule has 0 saturated carbocycles. The van der Waals surface area contributed by atoms with Crippen LogP contribution in [0.3, 0.4) is 0 Å². The number of thioether (sulfide) groups is 2. The normalized spacial score (nSPS) is 26.2. The van der Waals surface area contributed by atoms with E-state index in [-0.39, 0.29) is 52.0 Å². The van der Waals surface area contributed by atoms with Gasteiger partial charge in [-0.25, -0.2) is 4.79 Å². The molecule has 1 aromatic rings. The Morgan fingerprint density at radius 3 is 2.69 bits per heavy atom. The average molecular weight is 481 g/mol. The number of hydrogen-bond acceptors (Lipinski definition) is 9. The molecule has 2 saturated heterocycles. The lowest BCUT2D eigenvalue weighted by Gasteiger charge is -2.42. The highest BCUT2D eigenvalue weighted by Gasteiger charge is 2.56. The molecule has 4 rings (SSSR count). The molecule has 4 N–H and O–H groups in total. The lowest BCUT2D eigenvalue weighted by Crippen LogP contribution is -2.57. The van der Waals surface area contributed by atoms with Crippen molar-refractivity contribution in [3.63, 3.8) is 0 Å². The van der Waals surface area contributed by atoms with Crippen LogP contribution in [0, 0.1) is 5.92 Å². The van der Waals surface area contributed by atoms with Crippen LogP contribution in [0.25, 0.3) is 0 Å². The van der Waals surface area contributed by atoms with E-state index in [4.69, 9.17) is 0 Å². The molecule has 1 amide bonds. The number of nitrogens with zero attached hydrogens (tertiary/aromatic N) is 2. The van der Waals surface area contributed by atoms with Crippen LogP contribution in [0.5, 0.6) is 11.5 Å². The molecule has 3 aliphatic heterocycles. The largest absolute Gasteiger partial charge is 0.504 e. The number of Topliss-reactive ketones (excluding diaryl/α,β-unsaturated/α-hetero) is 1. The molecule has 0 spiro atoms. The number of aliphatic hydroxyl groups is 1. The number of carboxylic acids is 1. The number of ketones is 1. The SMILES string of the molecule is CC(O)C[C@@H]1C(=O)N2C(C(=O)O)=C(SC3CCN(CC(=O)c4ccc(O)c(O)c4)C3)S[C@H]12. The number of rotatable bonds is 8. The number of amides is 1. The molecule has 0 aromatic heterocycles. The first-order valence-corrected chi connectivity index (χ1v) is 12.0. The van der Waals surface area contributed by atoms with Crippen LogP contribution in [0.15, 0.2) is 28.1 Å². The summed E-state index contributed by atoms with van der Waals surface area (Å²) in [6.07, 6.45) is 0.447. The quantitative estimate of drug-likeness (QED) is 0.247. The first kappa shape index (κ1) is 23.0. The van der Waals surface area contributed by atoms with Crippen molar-refractivity contribution in [3.05, 3.63) is 33.7 Å². The zero-order chi connectivity index (χ0) is 23.2. The lowest BCUT2D eigenvalue weighted by atomic mass is 9.91. The predicted molar refractivity (Wildman–Crippen MR) is 119 cm³/mol. The molecule has 11 heteroatoms. The maximum absolute atomic E-state index is 12.5. The number of fused-ring (bicyclic) bond motifs is 1. The summed E-state index contributed by atoms with van der Waals surface area (Å²) >= 11 is 2.80. The van der Waals surface area contributed by atoms with Crippen molar-refractivity contribution in [2.75, 3.05) is 19.6 Å². The Morgan fingerprint density at radius 2 is 2.03 bits per heavy atom. The minimum Gasteiger partial charge on any atom is -0.504 e. The molecular formula is C21H24N2O7S2. The third-order valence-electron chi connectivity index (χ3n) is 5.78. The molecule has 0 aliphatic carbocycles. The van der Waals surface area contributed by atoms with Gasteiger partial charge in [-0.3, -0.25) is 19.4 Å². The highest BCUT2D eigenvalue weighted by molar-refractivity contribution is 8.23. The van der Waals surface area contributed by atoms with E-state index < -0.39 is 12.1 Å². The maximum atomic E-state index is 12.5. The average Bonchev–Trinajstić information content (AvgIpc) is 3.30. The maximum Gasteiger partial charge on any atom is 0.354 e. The van der Waals surface area contributed by atoms with E-state index in [9.17, 15) is 34.8 Å². The molecule has 172 valence electrons. The summed E-state index contributed by atoms with van der Waals surface area (Å²) in [7, 11) is 0. The van der Waals surface area contributed by atoms with Crippen molar-refractivity contribution in [2.45, 2.75) is 36.5 Å². The number of phenols is 2. The summed E-state index contributed by atoms with van der Waals surface area (Å²) in [4.78, 5) is 40.1.